The van der Waals surface area contributed by atoms with Crippen molar-refractivity contribution in [1.82, 2.24) is 4.90 Å². The summed E-state index contributed by atoms with van der Waals surface area (Å²) in [5.41, 5.74) is 1.20. The maximum Gasteiger partial charge on any atom is 0.290 e. The quantitative estimate of drug-likeness (QED) is 0.559. The van der Waals surface area contributed by atoms with Gasteiger partial charge in [-0.05, 0) is 55.0 Å². The number of benzene rings is 1. The smallest absolute Gasteiger partial charge is 0.290 e. The zero-order valence-corrected chi connectivity index (χ0v) is 19.5. The molecule has 7 heteroatoms. The Labute approximate surface area is 199 Å². The molecule has 1 fully saturated rings. The summed E-state index contributed by atoms with van der Waals surface area (Å²) in [4.78, 5) is 29.1. The van der Waals surface area contributed by atoms with Gasteiger partial charge in [-0.25, -0.2) is 0 Å². The molecule has 1 amide bonds. The number of carbonyl (C=O) groups excluding carboxylic acids is 2. The molecular formula is C27H29NO6. The molecule has 3 heterocycles. The van der Waals surface area contributed by atoms with Crippen LogP contribution in [0.3, 0.4) is 0 Å². The molecule has 4 atom stereocenters. The summed E-state index contributed by atoms with van der Waals surface area (Å²) >= 11 is 0. The van der Waals surface area contributed by atoms with E-state index in [1.165, 1.54) is 0 Å². The molecular weight excluding hydrogens is 434 g/mol. The van der Waals surface area contributed by atoms with Crippen molar-refractivity contribution in [2.45, 2.75) is 44.9 Å². The highest BCUT2D eigenvalue weighted by Crippen LogP contribution is 2.48. The molecule has 1 aliphatic carbocycles. The van der Waals surface area contributed by atoms with Crippen molar-refractivity contribution in [3.8, 4) is 11.5 Å². The first-order valence-corrected chi connectivity index (χ1v) is 11.7. The fourth-order valence-corrected chi connectivity index (χ4v) is 5.33. The summed E-state index contributed by atoms with van der Waals surface area (Å²) in [5.74, 6) is 1.86. The van der Waals surface area contributed by atoms with Crippen molar-refractivity contribution in [3.05, 3.63) is 71.9 Å². The van der Waals surface area contributed by atoms with Gasteiger partial charge in [-0.15, -0.1) is 0 Å². The van der Waals surface area contributed by atoms with Crippen LogP contribution in [0.2, 0.25) is 0 Å². The van der Waals surface area contributed by atoms with E-state index < -0.39 is 6.04 Å². The Hall–Kier alpha value is -3.48. The van der Waals surface area contributed by atoms with Crippen LogP contribution < -0.4 is 9.47 Å². The molecule has 0 N–H and O–H groups in total. The molecule has 0 bridgehead atoms. The summed E-state index contributed by atoms with van der Waals surface area (Å²) in [6, 6.07) is 8.49. The lowest BCUT2D eigenvalue weighted by molar-refractivity contribution is -0.136. The van der Waals surface area contributed by atoms with Gasteiger partial charge in [0.25, 0.3) is 5.91 Å². The predicted octanol–water partition coefficient (Wildman–Crippen LogP) is 4.59. The van der Waals surface area contributed by atoms with Crippen LogP contribution in [-0.2, 0) is 20.9 Å². The Balaban J connectivity index is 1.57. The highest BCUT2D eigenvalue weighted by molar-refractivity contribution is 6.11. The van der Waals surface area contributed by atoms with Crippen LogP contribution in [0.4, 0.5) is 0 Å². The molecule has 3 aliphatic rings. The summed E-state index contributed by atoms with van der Waals surface area (Å²) in [6.07, 6.45) is 5.55. The Kier molecular flexibility index (Phi) is 5.94. The first kappa shape index (κ1) is 22.3. The van der Waals surface area contributed by atoms with Gasteiger partial charge in [-0.3, -0.25) is 9.59 Å². The minimum absolute atomic E-state index is 0.0176. The molecule has 7 nitrogen and oxygen atoms in total. The van der Waals surface area contributed by atoms with E-state index >= 15 is 0 Å². The normalized spacial score (nSPS) is 26.1. The maximum absolute atomic E-state index is 13.8. The summed E-state index contributed by atoms with van der Waals surface area (Å²) in [7, 11) is 1.56. The summed E-state index contributed by atoms with van der Waals surface area (Å²) in [6.45, 7) is 6.41. The topological polar surface area (TPSA) is 78.2 Å². The molecule has 178 valence electrons. The van der Waals surface area contributed by atoms with Gasteiger partial charge < -0.3 is 23.5 Å². The average Bonchev–Trinajstić information content (AvgIpc) is 3.45. The number of rotatable bonds is 7. The number of carbonyl (C=O) groups is 2. The number of hydrogen-bond donors (Lipinski definition) is 0. The Morgan fingerprint density at radius 2 is 2.06 bits per heavy atom. The zero-order chi connectivity index (χ0) is 23.8. The number of furan rings is 1. The molecule has 2 aromatic rings. The number of ether oxygens (including phenoxy) is 3. The van der Waals surface area contributed by atoms with E-state index in [2.05, 4.69) is 13.5 Å². The number of amides is 1. The van der Waals surface area contributed by atoms with Gasteiger partial charge in [-0.1, -0.05) is 25.6 Å². The van der Waals surface area contributed by atoms with Crippen molar-refractivity contribution in [1.29, 1.82) is 0 Å². The van der Waals surface area contributed by atoms with Crippen molar-refractivity contribution < 1.29 is 28.2 Å². The van der Waals surface area contributed by atoms with Gasteiger partial charge in [0.05, 0.1) is 37.5 Å². The van der Waals surface area contributed by atoms with Crippen LogP contribution in [0.25, 0.3) is 0 Å². The number of nitrogens with zero attached hydrogens (tertiary/aromatic N) is 1. The molecule has 5 rings (SSSR count). The monoisotopic (exact) mass is 463 g/mol. The number of ketones is 1. The molecule has 34 heavy (non-hydrogen) atoms. The van der Waals surface area contributed by atoms with Crippen LogP contribution in [0, 0.1) is 11.8 Å². The SMILES string of the molecule is C=CCOc1ccc(C2C3=C(OC4CCC(C)CC4C3=O)C(=O)N2Cc2ccco2)cc1OC. The van der Waals surface area contributed by atoms with Crippen LogP contribution in [0.1, 0.15) is 43.6 Å². The Bertz CT molecular complexity index is 1130. The first-order valence-electron chi connectivity index (χ1n) is 11.7. The summed E-state index contributed by atoms with van der Waals surface area (Å²) in [5, 5.41) is 0. The minimum atomic E-state index is -0.597. The van der Waals surface area contributed by atoms with Crippen molar-refractivity contribution >= 4 is 11.7 Å². The molecule has 0 radical (unpaired) electrons. The number of methoxy groups -OCH3 is 1. The van der Waals surface area contributed by atoms with Gasteiger partial charge in [0.1, 0.15) is 18.5 Å². The lowest BCUT2D eigenvalue weighted by Gasteiger charge is -2.37. The average molecular weight is 464 g/mol. The highest BCUT2D eigenvalue weighted by Gasteiger charge is 2.52. The van der Waals surface area contributed by atoms with Gasteiger partial charge in [0.2, 0.25) is 0 Å². The van der Waals surface area contributed by atoms with Crippen molar-refractivity contribution in [2.24, 2.45) is 11.8 Å². The van der Waals surface area contributed by atoms with E-state index in [4.69, 9.17) is 18.6 Å². The Morgan fingerprint density at radius 1 is 1.21 bits per heavy atom. The minimum Gasteiger partial charge on any atom is -0.493 e. The second-order valence-electron chi connectivity index (χ2n) is 9.21. The van der Waals surface area contributed by atoms with Gasteiger partial charge >= 0.3 is 0 Å². The second kappa shape index (κ2) is 9.05. The highest BCUT2D eigenvalue weighted by atomic mass is 16.5. The molecule has 1 aromatic carbocycles. The van der Waals surface area contributed by atoms with Gasteiger partial charge in [0, 0.05) is 0 Å². The fourth-order valence-electron chi connectivity index (χ4n) is 5.33. The van der Waals surface area contributed by atoms with Crippen molar-refractivity contribution in [2.75, 3.05) is 13.7 Å². The third kappa shape index (κ3) is 3.79. The van der Waals surface area contributed by atoms with E-state index in [0.717, 1.165) is 24.8 Å². The molecule has 1 aromatic heterocycles. The molecule has 2 aliphatic heterocycles. The lowest BCUT2D eigenvalue weighted by Crippen LogP contribution is -2.41. The largest absolute Gasteiger partial charge is 0.493 e. The molecule has 0 spiro atoms. The maximum atomic E-state index is 13.8. The van der Waals surface area contributed by atoms with E-state index in [0.29, 0.717) is 35.4 Å². The van der Waals surface area contributed by atoms with E-state index in [1.807, 2.05) is 18.2 Å². The second-order valence-corrected chi connectivity index (χ2v) is 9.21. The number of fused-ring (bicyclic) bond motifs is 1. The van der Waals surface area contributed by atoms with Crippen LogP contribution >= 0.6 is 0 Å². The van der Waals surface area contributed by atoms with Crippen molar-refractivity contribution in [3.63, 3.8) is 0 Å². The molecule has 4 unspecified atom stereocenters. The molecule has 0 saturated heterocycles. The fraction of sp³-hybridized carbons (Fsp3) is 0.407. The zero-order valence-electron chi connectivity index (χ0n) is 19.5. The van der Waals surface area contributed by atoms with Crippen LogP contribution in [0.15, 0.2) is 65.0 Å². The van der Waals surface area contributed by atoms with Crippen LogP contribution in [-0.4, -0.2) is 36.4 Å². The third-order valence-electron chi connectivity index (χ3n) is 6.97. The first-order chi connectivity index (χ1) is 16.5. The summed E-state index contributed by atoms with van der Waals surface area (Å²) < 4.78 is 23.0. The lowest BCUT2D eigenvalue weighted by atomic mass is 9.74. The van der Waals surface area contributed by atoms with E-state index in [9.17, 15) is 9.59 Å². The van der Waals surface area contributed by atoms with Gasteiger partial charge in [0.15, 0.2) is 23.0 Å². The van der Waals surface area contributed by atoms with E-state index in [1.54, 1.807) is 36.5 Å². The third-order valence-corrected chi connectivity index (χ3v) is 6.97. The Morgan fingerprint density at radius 3 is 2.79 bits per heavy atom. The van der Waals surface area contributed by atoms with Gasteiger partial charge in [-0.2, -0.15) is 0 Å². The molecule has 1 saturated carbocycles. The standard InChI is InChI=1S/C27H29NO6/c1-4-11-33-21-10-8-17(14-22(21)31-3)24-23-25(29)19-13-16(2)7-9-20(19)34-26(23)27(30)28(24)15-18-6-5-12-32-18/h4-6,8,10,12,14,16,19-20,24H,1,7,9,11,13,15H2,2-3H3. The predicted molar refractivity (Wildman–Crippen MR) is 124 cm³/mol. The van der Waals surface area contributed by atoms with Crippen LogP contribution in [0.5, 0.6) is 11.5 Å². The number of Topliss-reactive ketones (excluding diaryl/α,β-unsaturated/α-hetero) is 1. The number of hydrogen-bond acceptors (Lipinski definition) is 6. The van der Waals surface area contributed by atoms with E-state index in [-0.39, 0.29) is 36.0 Å².